The van der Waals surface area contributed by atoms with Crippen LogP contribution in [0.25, 0.3) is 0 Å². The van der Waals surface area contributed by atoms with Crippen LogP contribution in [0, 0.1) is 11.8 Å². The molecule has 14 nitrogen and oxygen atoms in total. The zero-order valence-corrected chi connectivity index (χ0v) is 32.5. The van der Waals surface area contributed by atoms with Gasteiger partial charge in [0.2, 0.25) is 11.8 Å². The normalized spacial score (nSPS) is 33.1. The minimum absolute atomic E-state index is 0.0719. The number of aliphatic hydroxyl groups is 1. The molecule has 288 valence electrons. The number of amides is 3. The second-order valence-electron chi connectivity index (χ2n) is 14.3. The van der Waals surface area contributed by atoms with Gasteiger partial charge in [0.05, 0.1) is 25.3 Å². The number of halogens is 1. The maximum absolute atomic E-state index is 14.2. The van der Waals surface area contributed by atoms with Gasteiger partial charge in [0, 0.05) is 46.6 Å². The molecule has 3 amide bonds. The maximum atomic E-state index is 14.2. The fourth-order valence-corrected chi connectivity index (χ4v) is 7.21. The molecule has 1 aromatic carbocycles. The van der Waals surface area contributed by atoms with Gasteiger partial charge in [-0.25, -0.2) is 9.59 Å². The van der Waals surface area contributed by atoms with Gasteiger partial charge < -0.3 is 43.3 Å². The van der Waals surface area contributed by atoms with Gasteiger partial charge in [-0.1, -0.05) is 50.6 Å². The Morgan fingerprint density at radius 1 is 1.15 bits per heavy atom. The fraction of sp³-hybridized carbons (Fsp3) is 0.622. The summed E-state index contributed by atoms with van der Waals surface area (Å²) >= 11 is 6.79. The Balaban J connectivity index is 1.83. The number of methoxy groups -OCH3 is 3. The predicted octanol–water partition coefficient (Wildman–Crippen LogP) is 4.32. The Labute approximate surface area is 310 Å². The van der Waals surface area contributed by atoms with Crippen LogP contribution in [0.2, 0.25) is 5.02 Å². The summed E-state index contributed by atoms with van der Waals surface area (Å²) in [4.78, 5) is 56.1. The van der Waals surface area contributed by atoms with Gasteiger partial charge in [0.25, 0.3) is 0 Å². The van der Waals surface area contributed by atoms with E-state index in [9.17, 15) is 24.3 Å². The maximum Gasteiger partial charge on any atom is 0.409 e. The summed E-state index contributed by atoms with van der Waals surface area (Å²) in [5.74, 6) is -2.05. The topological polar surface area (TPSA) is 166 Å². The van der Waals surface area contributed by atoms with Gasteiger partial charge in [0.15, 0.2) is 5.72 Å². The lowest BCUT2D eigenvalue weighted by molar-refractivity contribution is -0.162. The summed E-state index contributed by atoms with van der Waals surface area (Å²) in [6, 6.07) is 2.46. The Hall–Kier alpha value is -3.69. The molecule has 4 bridgehead atoms. The molecule has 0 aliphatic carbocycles. The molecule has 3 heterocycles. The number of allylic oxidation sites excluding steroid dienone is 2. The average molecular weight is 750 g/mol. The van der Waals surface area contributed by atoms with Crippen molar-refractivity contribution in [3.63, 3.8) is 0 Å². The number of fused-ring (bicyclic) bond motifs is 5. The third kappa shape index (κ3) is 8.26. The third-order valence-corrected chi connectivity index (χ3v) is 10.8. The van der Waals surface area contributed by atoms with Crippen molar-refractivity contribution in [2.24, 2.45) is 11.8 Å². The molecule has 2 fully saturated rings. The molecule has 9 unspecified atom stereocenters. The number of alkyl carbamates (subject to hydrolysis) is 1. The van der Waals surface area contributed by atoms with E-state index in [4.69, 9.17) is 40.0 Å². The molecule has 52 heavy (non-hydrogen) atoms. The molecule has 3 aliphatic heterocycles. The highest BCUT2D eigenvalue weighted by Gasteiger charge is 2.64. The molecule has 0 spiro atoms. The highest BCUT2D eigenvalue weighted by atomic mass is 35.5. The number of rotatable bonds is 7. The number of anilines is 1. The van der Waals surface area contributed by atoms with Crippen LogP contribution in [0.15, 0.2) is 35.9 Å². The van der Waals surface area contributed by atoms with E-state index in [2.05, 4.69) is 5.32 Å². The van der Waals surface area contributed by atoms with Crippen LogP contribution in [0.4, 0.5) is 10.5 Å². The second-order valence-corrected chi connectivity index (χ2v) is 14.6. The molecule has 2 saturated heterocycles. The van der Waals surface area contributed by atoms with E-state index in [0.717, 1.165) is 5.57 Å². The Bertz CT molecular complexity index is 1600. The number of likely N-dealkylation sites (N-methyl/N-ethyl adjacent to an activating group) is 1. The lowest BCUT2D eigenvalue weighted by Crippen LogP contribution is -2.63. The van der Waals surface area contributed by atoms with Crippen molar-refractivity contribution < 1.29 is 52.7 Å². The third-order valence-electron chi connectivity index (χ3n) is 10.4. The monoisotopic (exact) mass is 749 g/mol. The van der Waals surface area contributed by atoms with E-state index in [1.165, 1.54) is 38.2 Å². The highest BCUT2D eigenvalue weighted by Crippen LogP contribution is 2.49. The minimum atomic E-state index is -1.86. The number of hydrogen-bond donors (Lipinski definition) is 2. The standard InChI is InChI=1S/C37H52ClN3O11/c1-19(2)33(43)40(7)22(5)34(44)51-28-17-29(42)41(8)24-15-23(16-25(47-9)30(24)38)31(49-11)20(3)13-12-14-27(48-10)37(46)18-26(50-35(45)39-37)21(4)32-36(28,6)52-32/h12-16,19,21-22,26-28,31-32,46H,17-18H2,1-11H3,(H,39,45)/b14-12-,20-13-. The number of ether oxygens (including phenoxy) is 6. The number of hydrogen-bond acceptors (Lipinski definition) is 11. The van der Waals surface area contributed by atoms with Crippen LogP contribution < -0.4 is 15.0 Å². The van der Waals surface area contributed by atoms with Crippen molar-refractivity contribution in [1.29, 1.82) is 0 Å². The van der Waals surface area contributed by atoms with Crippen molar-refractivity contribution in [3.05, 3.63) is 46.5 Å². The SMILES string of the molecule is COc1cc2cc(c1Cl)N(C)C(=O)CC(OC(=O)C(C)N(C)C(=O)C(C)C)C1(C)OC1C(C)C1CC(O)(NC(=O)O1)C(OC)/C=C\C=C(\C)C2OC. The summed E-state index contributed by atoms with van der Waals surface area (Å²) in [5, 5.41) is 14.4. The average Bonchev–Trinajstić information content (AvgIpc) is 3.79. The van der Waals surface area contributed by atoms with Crippen molar-refractivity contribution in [2.75, 3.05) is 40.3 Å². The molecule has 2 N–H and O–H groups in total. The summed E-state index contributed by atoms with van der Waals surface area (Å²) < 4.78 is 35.1. The number of carbonyl (C=O) groups excluding carboxylic acids is 4. The number of carbonyl (C=O) groups is 4. The largest absolute Gasteiger partial charge is 0.495 e. The van der Waals surface area contributed by atoms with Crippen LogP contribution in [0.1, 0.15) is 66.1 Å². The van der Waals surface area contributed by atoms with Gasteiger partial charge in [-0.15, -0.1) is 0 Å². The fourth-order valence-electron chi connectivity index (χ4n) is 6.89. The van der Waals surface area contributed by atoms with Gasteiger partial charge >= 0.3 is 12.1 Å². The van der Waals surface area contributed by atoms with Crippen LogP contribution in [0.5, 0.6) is 5.75 Å². The molecular weight excluding hydrogens is 698 g/mol. The molecular formula is C37H52ClN3O11. The number of benzene rings is 1. The second kappa shape index (κ2) is 16.1. The Morgan fingerprint density at radius 3 is 2.42 bits per heavy atom. The number of esters is 1. The van der Waals surface area contributed by atoms with Gasteiger partial charge in [-0.3, -0.25) is 14.9 Å². The molecule has 3 aliphatic rings. The molecule has 1 aromatic rings. The van der Waals surface area contributed by atoms with E-state index in [-0.39, 0.29) is 29.7 Å². The first-order chi connectivity index (χ1) is 24.3. The van der Waals surface area contributed by atoms with Crippen LogP contribution in [0.3, 0.4) is 0 Å². The van der Waals surface area contributed by atoms with E-state index >= 15 is 0 Å². The first-order valence-corrected chi connectivity index (χ1v) is 17.6. The predicted molar refractivity (Wildman–Crippen MR) is 192 cm³/mol. The highest BCUT2D eigenvalue weighted by molar-refractivity contribution is 6.35. The molecule has 4 rings (SSSR count). The van der Waals surface area contributed by atoms with E-state index in [1.807, 2.05) is 6.92 Å². The summed E-state index contributed by atoms with van der Waals surface area (Å²) in [6.07, 6.45) is -0.443. The first-order valence-electron chi connectivity index (χ1n) is 17.2. The van der Waals surface area contributed by atoms with Crippen LogP contribution in [-0.4, -0.2) is 111 Å². The summed E-state index contributed by atoms with van der Waals surface area (Å²) in [7, 11) is 7.48. The number of nitrogens with zero attached hydrogens (tertiary/aromatic N) is 2. The molecule has 0 aromatic heterocycles. The summed E-state index contributed by atoms with van der Waals surface area (Å²) in [5.41, 5.74) is -1.39. The molecule has 9 atom stereocenters. The lowest BCUT2D eigenvalue weighted by atomic mass is 9.83. The minimum Gasteiger partial charge on any atom is -0.495 e. The summed E-state index contributed by atoms with van der Waals surface area (Å²) in [6.45, 7) is 10.3. The van der Waals surface area contributed by atoms with E-state index in [0.29, 0.717) is 17.0 Å². The first kappa shape index (κ1) is 41.1. The lowest BCUT2D eigenvalue weighted by Gasteiger charge is -2.42. The quantitative estimate of drug-likeness (QED) is 0.301. The van der Waals surface area contributed by atoms with Crippen molar-refractivity contribution in [3.8, 4) is 5.75 Å². The zero-order valence-electron chi connectivity index (χ0n) is 31.7. The molecule has 0 radical (unpaired) electrons. The van der Waals surface area contributed by atoms with E-state index < -0.39 is 71.8 Å². The Morgan fingerprint density at radius 2 is 1.83 bits per heavy atom. The van der Waals surface area contributed by atoms with Crippen LogP contribution in [-0.2, 0) is 38.1 Å². The zero-order chi connectivity index (χ0) is 38.9. The number of nitrogens with one attached hydrogen (secondary N) is 1. The molecule has 0 saturated carbocycles. The van der Waals surface area contributed by atoms with Gasteiger partial charge in [-0.2, -0.15) is 0 Å². The van der Waals surface area contributed by atoms with Crippen molar-refractivity contribution in [2.45, 2.75) is 102 Å². The number of epoxide rings is 1. The van der Waals surface area contributed by atoms with Gasteiger partial charge in [-0.05, 0) is 44.0 Å². The van der Waals surface area contributed by atoms with Crippen molar-refractivity contribution in [1.82, 2.24) is 10.2 Å². The molecule has 15 heteroatoms. The van der Waals surface area contributed by atoms with E-state index in [1.54, 1.807) is 72.0 Å². The Kier molecular flexibility index (Phi) is 12.7. The van der Waals surface area contributed by atoms with Crippen LogP contribution >= 0.6 is 11.6 Å². The van der Waals surface area contributed by atoms with Gasteiger partial charge in [0.1, 0.15) is 46.8 Å². The smallest absolute Gasteiger partial charge is 0.409 e. The van der Waals surface area contributed by atoms with Crippen molar-refractivity contribution >= 4 is 41.2 Å².